The molecule has 0 amide bonds. The summed E-state index contributed by atoms with van der Waals surface area (Å²) >= 11 is 0. The summed E-state index contributed by atoms with van der Waals surface area (Å²) in [5.41, 5.74) is 0.203. The molecule has 7 nitrogen and oxygen atoms in total. The van der Waals surface area contributed by atoms with E-state index in [0.717, 1.165) is 5.56 Å². The van der Waals surface area contributed by atoms with E-state index in [-0.39, 0.29) is 52.1 Å². The number of aromatic hydroxyl groups is 1. The zero-order chi connectivity index (χ0) is 27.1. The largest absolute Gasteiger partial charge is 0.507 e. The highest BCUT2D eigenvalue weighted by molar-refractivity contribution is 5.96. The van der Waals surface area contributed by atoms with Gasteiger partial charge in [0, 0.05) is 6.08 Å². The van der Waals surface area contributed by atoms with Crippen LogP contribution in [-0.4, -0.2) is 29.9 Å². The molecule has 0 unspecified atom stereocenters. The molecule has 4 rings (SSSR count). The molecule has 0 spiro atoms. The van der Waals surface area contributed by atoms with E-state index in [2.05, 4.69) is 6.58 Å². The van der Waals surface area contributed by atoms with Gasteiger partial charge in [0.2, 0.25) is 11.2 Å². The van der Waals surface area contributed by atoms with Crippen LogP contribution in [0.1, 0.15) is 19.4 Å². The molecule has 0 fully saturated rings. The molecule has 0 aliphatic carbocycles. The molecule has 0 saturated heterocycles. The SMILES string of the molecule is C=CC(C)(C)Oc1ccc2c(=O)c3c(O)cccc3oc2c1OC/C=C/COC(=O)/C=C/c1ccccc1. The second-order valence-electron chi connectivity index (χ2n) is 8.92. The zero-order valence-corrected chi connectivity index (χ0v) is 21.2. The molecule has 194 valence electrons. The normalized spacial score (nSPS) is 11.8. The molecule has 38 heavy (non-hydrogen) atoms. The van der Waals surface area contributed by atoms with E-state index in [0.29, 0.717) is 5.75 Å². The van der Waals surface area contributed by atoms with Gasteiger partial charge in [-0.3, -0.25) is 4.79 Å². The Morgan fingerprint density at radius 2 is 1.79 bits per heavy atom. The Kier molecular flexibility index (Phi) is 7.97. The highest BCUT2D eigenvalue weighted by Gasteiger charge is 2.22. The summed E-state index contributed by atoms with van der Waals surface area (Å²) < 4.78 is 23.3. The van der Waals surface area contributed by atoms with Crippen LogP contribution in [-0.2, 0) is 9.53 Å². The summed E-state index contributed by atoms with van der Waals surface area (Å²) in [6, 6.07) is 17.3. The summed E-state index contributed by atoms with van der Waals surface area (Å²) in [5.74, 6) is -0.0410. The van der Waals surface area contributed by atoms with Gasteiger partial charge in [0.15, 0.2) is 11.3 Å². The van der Waals surface area contributed by atoms with Gasteiger partial charge in [-0.15, -0.1) is 0 Å². The molecule has 0 aliphatic heterocycles. The third-order valence-corrected chi connectivity index (χ3v) is 5.65. The van der Waals surface area contributed by atoms with E-state index >= 15 is 0 Å². The lowest BCUT2D eigenvalue weighted by molar-refractivity contribution is -0.136. The summed E-state index contributed by atoms with van der Waals surface area (Å²) in [5, 5.41) is 10.5. The van der Waals surface area contributed by atoms with Crippen molar-refractivity contribution in [3.63, 3.8) is 0 Å². The Morgan fingerprint density at radius 1 is 1.03 bits per heavy atom. The van der Waals surface area contributed by atoms with Crippen molar-refractivity contribution in [1.29, 1.82) is 0 Å². The maximum Gasteiger partial charge on any atom is 0.331 e. The van der Waals surface area contributed by atoms with E-state index in [1.807, 2.05) is 44.2 Å². The van der Waals surface area contributed by atoms with Crippen LogP contribution in [0.3, 0.4) is 0 Å². The Hall–Kier alpha value is -4.78. The first-order chi connectivity index (χ1) is 18.3. The van der Waals surface area contributed by atoms with Crippen LogP contribution in [0.2, 0.25) is 0 Å². The minimum absolute atomic E-state index is 0.0582. The first-order valence-electron chi connectivity index (χ1n) is 12.0. The standard InChI is InChI=1S/C31H28O7/c1-4-31(2,3)38-25-17-16-22-28(34)27-23(32)13-10-14-24(27)37-29(22)30(25)36-20-9-8-19-35-26(33)18-15-21-11-6-5-7-12-21/h4-18,32H,1,19-20H2,2-3H3/b9-8+,18-15+. The van der Waals surface area contributed by atoms with Gasteiger partial charge in [0.1, 0.15) is 35.5 Å². The minimum Gasteiger partial charge on any atom is -0.507 e. The second-order valence-corrected chi connectivity index (χ2v) is 8.92. The van der Waals surface area contributed by atoms with Gasteiger partial charge in [-0.2, -0.15) is 0 Å². The van der Waals surface area contributed by atoms with Crippen LogP contribution >= 0.6 is 0 Å². The quantitative estimate of drug-likeness (QED) is 0.117. The lowest BCUT2D eigenvalue weighted by Gasteiger charge is -2.24. The molecule has 4 aromatic rings. The number of hydrogen-bond acceptors (Lipinski definition) is 7. The predicted molar refractivity (Wildman–Crippen MR) is 148 cm³/mol. The van der Waals surface area contributed by atoms with Crippen LogP contribution < -0.4 is 14.9 Å². The van der Waals surface area contributed by atoms with Crippen molar-refractivity contribution < 1.29 is 28.5 Å². The number of carbonyl (C=O) groups excluding carboxylic acids is 1. The number of benzene rings is 3. The number of carbonyl (C=O) groups is 1. The van der Waals surface area contributed by atoms with Crippen LogP contribution in [0.5, 0.6) is 17.2 Å². The monoisotopic (exact) mass is 512 g/mol. The molecule has 0 aliphatic rings. The molecule has 1 heterocycles. The average Bonchev–Trinajstić information content (AvgIpc) is 2.90. The van der Waals surface area contributed by atoms with Gasteiger partial charge in [-0.25, -0.2) is 4.79 Å². The van der Waals surface area contributed by atoms with Gasteiger partial charge >= 0.3 is 5.97 Å². The van der Waals surface area contributed by atoms with Crippen LogP contribution in [0.4, 0.5) is 0 Å². The van der Waals surface area contributed by atoms with Crippen LogP contribution in [0, 0.1) is 0 Å². The summed E-state index contributed by atoms with van der Waals surface area (Å²) in [7, 11) is 0. The number of ether oxygens (including phenoxy) is 3. The topological polar surface area (TPSA) is 95.2 Å². The van der Waals surface area contributed by atoms with Crippen molar-refractivity contribution in [2.75, 3.05) is 13.2 Å². The Morgan fingerprint density at radius 3 is 2.55 bits per heavy atom. The van der Waals surface area contributed by atoms with E-state index in [4.69, 9.17) is 18.6 Å². The van der Waals surface area contributed by atoms with Gasteiger partial charge in [-0.05, 0) is 68.0 Å². The van der Waals surface area contributed by atoms with E-state index in [9.17, 15) is 14.7 Å². The molecule has 1 aromatic heterocycles. The number of hydrogen-bond donors (Lipinski definition) is 1. The van der Waals surface area contributed by atoms with Crippen molar-refractivity contribution in [3.05, 3.63) is 107 Å². The van der Waals surface area contributed by atoms with Gasteiger partial charge in [-0.1, -0.05) is 43.0 Å². The fraction of sp³-hybridized carbons (Fsp3) is 0.161. The van der Waals surface area contributed by atoms with Crippen molar-refractivity contribution >= 4 is 34.0 Å². The molecule has 0 radical (unpaired) electrons. The van der Waals surface area contributed by atoms with Gasteiger partial charge in [0.05, 0.1) is 5.39 Å². The van der Waals surface area contributed by atoms with Gasteiger partial charge < -0.3 is 23.7 Å². The molecular weight excluding hydrogens is 484 g/mol. The molecule has 0 bridgehead atoms. The number of phenolic OH excluding ortho intramolecular Hbond substituents is 1. The highest BCUT2D eigenvalue weighted by atomic mass is 16.5. The van der Waals surface area contributed by atoms with E-state index in [1.54, 1.807) is 48.6 Å². The number of rotatable bonds is 10. The van der Waals surface area contributed by atoms with Crippen molar-refractivity contribution in [2.24, 2.45) is 0 Å². The summed E-state index contributed by atoms with van der Waals surface area (Å²) in [6.45, 7) is 7.62. The smallest absolute Gasteiger partial charge is 0.331 e. The number of esters is 1. The first kappa shape index (κ1) is 26.3. The van der Waals surface area contributed by atoms with Crippen molar-refractivity contribution in [3.8, 4) is 17.2 Å². The highest BCUT2D eigenvalue weighted by Crippen LogP contribution is 2.39. The maximum atomic E-state index is 13.1. The van der Waals surface area contributed by atoms with E-state index < -0.39 is 11.6 Å². The number of fused-ring (bicyclic) bond motifs is 2. The third kappa shape index (κ3) is 6.13. The molecule has 3 aromatic carbocycles. The van der Waals surface area contributed by atoms with Crippen LogP contribution in [0.25, 0.3) is 28.0 Å². The molecular formula is C31H28O7. The number of phenols is 1. The maximum absolute atomic E-state index is 13.1. The van der Waals surface area contributed by atoms with Crippen molar-refractivity contribution in [2.45, 2.75) is 19.4 Å². The van der Waals surface area contributed by atoms with Crippen LogP contribution in [0.15, 0.2) is 101 Å². The Bertz CT molecular complexity index is 1580. The fourth-order valence-electron chi connectivity index (χ4n) is 3.62. The summed E-state index contributed by atoms with van der Waals surface area (Å²) in [4.78, 5) is 25.1. The average molecular weight is 513 g/mol. The zero-order valence-electron chi connectivity index (χ0n) is 21.2. The molecule has 0 atom stereocenters. The Labute approximate surface area is 219 Å². The third-order valence-electron chi connectivity index (χ3n) is 5.65. The van der Waals surface area contributed by atoms with E-state index in [1.165, 1.54) is 12.1 Å². The lowest BCUT2D eigenvalue weighted by atomic mass is 10.1. The molecule has 1 N–H and O–H groups in total. The first-order valence-corrected chi connectivity index (χ1v) is 12.0. The predicted octanol–water partition coefficient (Wildman–Crippen LogP) is 6.19. The Balaban J connectivity index is 1.53. The molecule has 7 heteroatoms. The summed E-state index contributed by atoms with van der Waals surface area (Å²) in [6.07, 6.45) is 8.03. The molecule has 0 saturated carbocycles. The second kappa shape index (κ2) is 11.5. The van der Waals surface area contributed by atoms with Gasteiger partial charge in [0.25, 0.3) is 0 Å². The fourth-order valence-corrected chi connectivity index (χ4v) is 3.62. The van der Waals surface area contributed by atoms with Crippen molar-refractivity contribution in [1.82, 2.24) is 0 Å². The lowest BCUT2D eigenvalue weighted by Crippen LogP contribution is -2.25. The minimum atomic E-state index is -0.724.